The van der Waals surface area contributed by atoms with Crippen LogP contribution in [0.1, 0.15) is 36.5 Å². The topological polar surface area (TPSA) is 108 Å². The van der Waals surface area contributed by atoms with Crippen molar-refractivity contribution in [1.29, 1.82) is 0 Å². The monoisotopic (exact) mass is 355 g/mol. The summed E-state index contributed by atoms with van der Waals surface area (Å²) in [5, 5.41) is 16.1. The van der Waals surface area contributed by atoms with E-state index in [1.165, 1.54) is 24.3 Å². The maximum Gasteiger partial charge on any atom is 0.251 e. The van der Waals surface area contributed by atoms with Gasteiger partial charge in [-0.15, -0.1) is 0 Å². The Bertz CT molecular complexity index is 652. The highest BCUT2D eigenvalue weighted by molar-refractivity contribution is 7.89. The standard InChI is InChI=1S/C16H25N3O4S/c1-2-9-18-15(20)13-4-6-14(7-5-13)24(22,23)19-12-16(21)8-3-10-17-11-16/h4-7,17,19,21H,2-3,8-12H2,1H3,(H,18,20)/t16-/m1/s1. The number of nitrogens with one attached hydrogen (secondary N) is 3. The number of β-amino-alcohol motifs (C(OH)–C–C–N with tert-alkyl or cyclic N) is 1. The van der Waals surface area contributed by atoms with Crippen molar-refractivity contribution in [3.63, 3.8) is 0 Å². The summed E-state index contributed by atoms with van der Waals surface area (Å²) in [5.41, 5.74) is -0.650. The number of carbonyl (C=O) groups is 1. The van der Waals surface area contributed by atoms with E-state index in [2.05, 4.69) is 15.4 Å². The van der Waals surface area contributed by atoms with E-state index in [-0.39, 0.29) is 17.3 Å². The van der Waals surface area contributed by atoms with Crippen LogP contribution in [0.4, 0.5) is 0 Å². The zero-order valence-corrected chi connectivity index (χ0v) is 14.7. The van der Waals surface area contributed by atoms with Crippen molar-refractivity contribution >= 4 is 15.9 Å². The second-order valence-electron chi connectivity index (χ2n) is 6.11. The van der Waals surface area contributed by atoms with Crippen LogP contribution in [0, 0.1) is 0 Å². The van der Waals surface area contributed by atoms with Crippen LogP contribution in [-0.4, -0.2) is 51.2 Å². The molecule has 1 aliphatic rings. The van der Waals surface area contributed by atoms with Gasteiger partial charge in [0.2, 0.25) is 10.0 Å². The molecule has 24 heavy (non-hydrogen) atoms. The van der Waals surface area contributed by atoms with Gasteiger partial charge in [-0.25, -0.2) is 13.1 Å². The van der Waals surface area contributed by atoms with Crippen LogP contribution in [0.5, 0.6) is 0 Å². The SMILES string of the molecule is CCCNC(=O)c1ccc(S(=O)(=O)NC[C@@]2(O)CCCNC2)cc1. The minimum absolute atomic E-state index is 0.0406. The van der Waals surface area contributed by atoms with Gasteiger partial charge in [-0.1, -0.05) is 6.92 Å². The van der Waals surface area contributed by atoms with E-state index in [9.17, 15) is 18.3 Å². The molecule has 0 saturated carbocycles. The lowest BCUT2D eigenvalue weighted by Gasteiger charge is -2.32. The summed E-state index contributed by atoms with van der Waals surface area (Å²) in [6.45, 7) is 3.69. The van der Waals surface area contributed by atoms with Gasteiger partial charge in [0.25, 0.3) is 5.91 Å². The first kappa shape index (κ1) is 18.9. The lowest BCUT2D eigenvalue weighted by molar-refractivity contribution is 0.0218. The zero-order chi connectivity index (χ0) is 17.6. The van der Waals surface area contributed by atoms with E-state index in [1.54, 1.807) is 0 Å². The van der Waals surface area contributed by atoms with Crippen molar-refractivity contribution in [2.24, 2.45) is 0 Å². The molecule has 1 heterocycles. The number of sulfonamides is 1. The third-order valence-corrected chi connectivity index (χ3v) is 5.42. The second-order valence-corrected chi connectivity index (χ2v) is 7.88. The van der Waals surface area contributed by atoms with Crippen LogP contribution in [0.2, 0.25) is 0 Å². The minimum atomic E-state index is -3.73. The van der Waals surface area contributed by atoms with Crippen molar-refractivity contribution in [1.82, 2.24) is 15.4 Å². The van der Waals surface area contributed by atoms with Gasteiger partial charge >= 0.3 is 0 Å². The number of aliphatic hydroxyl groups is 1. The van der Waals surface area contributed by atoms with E-state index in [1.807, 2.05) is 6.92 Å². The summed E-state index contributed by atoms with van der Waals surface area (Å²) in [7, 11) is -3.73. The van der Waals surface area contributed by atoms with E-state index in [0.717, 1.165) is 19.4 Å². The highest BCUT2D eigenvalue weighted by Crippen LogP contribution is 2.17. The van der Waals surface area contributed by atoms with Crippen LogP contribution in [0.3, 0.4) is 0 Å². The molecule has 4 N–H and O–H groups in total. The molecule has 1 fully saturated rings. The fourth-order valence-corrected chi connectivity index (χ4v) is 3.66. The molecular weight excluding hydrogens is 330 g/mol. The smallest absolute Gasteiger partial charge is 0.251 e. The summed E-state index contributed by atoms with van der Waals surface area (Å²) in [4.78, 5) is 11.9. The average Bonchev–Trinajstić information content (AvgIpc) is 2.59. The molecule has 1 aliphatic heterocycles. The molecule has 1 aromatic rings. The summed E-state index contributed by atoms with van der Waals surface area (Å²) in [5.74, 6) is -0.226. The van der Waals surface area contributed by atoms with Crippen LogP contribution >= 0.6 is 0 Å². The van der Waals surface area contributed by atoms with Gasteiger partial charge in [-0.2, -0.15) is 0 Å². The van der Waals surface area contributed by atoms with Gasteiger partial charge in [0, 0.05) is 25.2 Å². The summed E-state index contributed by atoms with van der Waals surface area (Å²) in [6, 6.07) is 5.76. The van der Waals surface area contributed by atoms with Gasteiger partial charge in [-0.3, -0.25) is 4.79 Å². The van der Waals surface area contributed by atoms with E-state index in [0.29, 0.717) is 25.1 Å². The number of piperidine rings is 1. The van der Waals surface area contributed by atoms with Gasteiger partial charge in [0.1, 0.15) is 0 Å². The Morgan fingerprint density at radius 1 is 1.33 bits per heavy atom. The summed E-state index contributed by atoms with van der Waals surface area (Å²) >= 11 is 0. The Balaban J connectivity index is 2.00. The Hall–Kier alpha value is -1.48. The van der Waals surface area contributed by atoms with E-state index >= 15 is 0 Å². The van der Waals surface area contributed by atoms with Crippen LogP contribution in [-0.2, 0) is 10.0 Å². The van der Waals surface area contributed by atoms with Crippen molar-refractivity contribution in [3.05, 3.63) is 29.8 Å². The molecule has 1 atom stereocenters. The van der Waals surface area contributed by atoms with Gasteiger partial charge in [0.05, 0.1) is 10.5 Å². The molecular formula is C16H25N3O4S. The molecule has 134 valence electrons. The summed E-state index contributed by atoms with van der Waals surface area (Å²) < 4.78 is 27.1. The highest BCUT2D eigenvalue weighted by Gasteiger charge is 2.30. The molecule has 1 saturated heterocycles. The normalized spacial score (nSPS) is 21.4. The lowest BCUT2D eigenvalue weighted by atomic mass is 9.95. The van der Waals surface area contributed by atoms with Crippen molar-refractivity contribution < 1.29 is 18.3 Å². The van der Waals surface area contributed by atoms with Gasteiger partial charge in [0.15, 0.2) is 0 Å². The molecule has 7 nitrogen and oxygen atoms in total. The molecule has 0 radical (unpaired) electrons. The summed E-state index contributed by atoms with van der Waals surface area (Å²) in [6.07, 6.45) is 2.19. The number of amides is 1. The second kappa shape index (κ2) is 8.06. The number of carbonyl (C=O) groups excluding carboxylic acids is 1. The molecule has 0 bridgehead atoms. The number of rotatable bonds is 7. The van der Waals surface area contributed by atoms with E-state index < -0.39 is 15.6 Å². The number of hydrogen-bond acceptors (Lipinski definition) is 5. The Morgan fingerprint density at radius 2 is 2.04 bits per heavy atom. The fraction of sp³-hybridized carbons (Fsp3) is 0.562. The zero-order valence-electron chi connectivity index (χ0n) is 13.8. The Morgan fingerprint density at radius 3 is 2.62 bits per heavy atom. The van der Waals surface area contributed by atoms with Crippen LogP contribution in [0.15, 0.2) is 29.2 Å². The van der Waals surface area contributed by atoms with Gasteiger partial charge < -0.3 is 15.7 Å². The first-order chi connectivity index (χ1) is 11.4. The first-order valence-electron chi connectivity index (χ1n) is 8.17. The lowest BCUT2D eigenvalue weighted by Crippen LogP contribution is -2.52. The van der Waals surface area contributed by atoms with Crippen molar-refractivity contribution in [2.45, 2.75) is 36.7 Å². The van der Waals surface area contributed by atoms with Crippen molar-refractivity contribution in [2.75, 3.05) is 26.2 Å². The molecule has 0 spiro atoms. The Labute approximate surface area is 142 Å². The van der Waals surface area contributed by atoms with Crippen LogP contribution < -0.4 is 15.4 Å². The molecule has 0 aromatic heterocycles. The molecule has 0 aliphatic carbocycles. The largest absolute Gasteiger partial charge is 0.387 e. The molecule has 0 unspecified atom stereocenters. The molecule has 1 aromatic carbocycles. The number of benzene rings is 1. The quantitative estimate of drug-likeness (QED) is 0.560. The fourth-order valence-electron chi connectivity index (χ4n) is 2.54. The van der Waals surface area contributed by atoms with Gasteiger partial charge in [-0.05, 0) is 50.1 Å². The third-order valence-electron chi connectivity index (χ3n) is 4.00. The number of hydrogen-bond donors (Lipinski definition) is 4. The average molecular weight is 355 g/mol. The molecule has 1 amide bonds. The first-order valence-corrected chi connectivity index (χ1v) is 9.66. The minimum Gasteiger partial charge on any atom is -0.387 e. The predicted octanol–water partition coefficient (Wildman–Crippen LogP) is 0.219. The highest BCUT2D eigenvalue weighted by atomic mass is 32.2. The maximum absolute atomic E-state index is 12.3. The molecule has 8 heteroatoms. The Kier molecular flexibility index (Phi) is 6.34. The predicted molar refractivity (Wildman–Crippen MR) is 91.3 cm³/mol. The van der Waals surface area contributed by atoms with Crippen LogP contribution in [0.25, 0.3) is 0 Å². The molecule has 2 rings (SSSR count). The van der Waals surface area contributed by atoms with Crippen molar-refractivity contribution in [3.8, 4) is 0 Å². The maximum atomic E-state index is 12.3. The third kappa shape index (κ3) is 5.01. The van der Waals surface area contributed by atoms with E-state index in [4.69, 9.17) is 0 Å².